The van der Waals surface area contributed by atoms with Crippen molar-refractivity contribution >= 4 is 5.78 Å². The van der Waals surface area contributed by atoms with E-state index in [1.807, 2.05) is 13.8 Å². The highest BCUT2D eigenvalue weighted by atomic mass is 16.7. The van der Waals surface area contributed by atoms with Crippen molar-refractivity contribution in [2.75, 3.05) is 0 Å². The minimum absolute atomic E-state index is 0.0768. The number of rotatable bonds is 3. The van der Waals surface area contributed by atoms with Crippen molar-refractivity contribution in [3.05, 3.63) is 34.4 Å². The average molecular weight is 316 g/mol. The number of aryl methyl sites for hydroxylation is 3. The van der Waals surface area contributed by atoms with Gasteiger partial charge in [-0.1, -0.05) is 17.7 Å². The summed E-state index contributed by atoms with van der Waals surface area (Å²) in [6, 6.07) is 4.34. The highest BCUT2D eigenvalue weighted by molar-refractivity contribution is 5.84. The van der Waals surface area contributed by atoms with Crippen LogP contribution in [0, 0.1) is 26.7 Å². The maximum atomic E-state index is 12.8. The fourth-order valence-electron chi connectivity index (χ4n) is 4.22. The van der Waals surface area contributed by atoms with Crippen LogP contribution in [0.5, 0.6) is 0 Å². The van der Waals surface area contributed by atoms with Crippen molar-refractivity contribution in [2.45, 2.75) is 78.3 Å². The van der Waals surface area contributed by atoms with Crippen LogP contribution < -0.4 is 0 Å². The van der Waals surface area contributed by atoms with Gasteiger partial charge in [-0.2, -0.15) is 0 Å². The molecule has 1 aliphatic heterocycles. The predicted octanol–water partition coefficient (Wildman–Crippen LogP) is 4.04. The van der Waals surface area contributed by atoms with Gasteiger partial charge in [0, 0.05) is 12.3 Å². The second-order valence-corrected chi connectivity index (χ2v) is 7.74. The summed E-state index contributed by atoms with van der Waals surface area (Å²) in [6.45, 7) is 10.2. The lowest BCUT2D eigenvalue weighted by molar-refractivity contribution is -0.146. The number of fused-ring (bicyclic) bond motifs is 1. The Morgan fingerprint density at radius 2 is 1.70 bits per heavy atom. The molecule has 126 valence electrons. The molecule has 1 heterocycles. The quantitative estimate of drug-likeness (QED) is 0.844. The van der Waals surface area contributed by atoms with Crippen LogP contribution in [0.4, 0.5) is 0 Å². The molecule has 1 aliphatic carbocycles. The second kappa shape index (κ2) is 6.03. The molecule has 2 aliphatic rings. The van der Waals surface area contributed by atoms with Gasteiger partial charge in [-0.3, -0.25) is 4.79 Å². The van der Waals surface area contributed by atoms with E-state index in [0.29, 0.717) is 12.2 Å². The molecule has 1 saturated heterocycles. The number of Topliss-reactive ketones (excluding diaryl/α,β-unsaturated/α-hetero) is 1. The number of carbonyl (C=O) groups excluding carboxylic acids is 1. The van der Waals surface area contributed by atoms with Crippen LogP contribution in [-0.2, 0) is 20.7 Å². The fourth-order valence-corrected chi connectivity index (χ4v) is 4.22. The molecule has 3 nitrogen and oxygen atoms in total. The number of benzene rings is 1. The van der Waals surface area contributed by atoms with Gasteiger partial charge in [-0.25, -0.2) is 0 Å². The molecule has 3 atom stereocenters. The summed E-state index contributed by atoms with van der Waals surface area (Å²) in [5, 5.41) is 0. The molecule has 1 aromatic carbocycles. The van der Waals surface area contributed by atoms with Crippen molar-refractivity contribution in [2.24, 2.45) is 5.92 Å². The lowest BCUT2D eigenvalue weighted by Crippen LogP contribution is -2.35. The first kappa shape index (κ1) is 16.7. The number of hydrogen-bond donors (Lipinski definition) is 0. The summed E-state index contributed by atoms with van der Waals surface area (Å²) in [5.41, 5.74) is 4.92. The minimum Gasteiger partial charge on any atom is -0.345 e. The second-order valence-electron chi connectivity index (χ2n) is 7.74. The summed E-state index contributed by atoms with van der Waals surface area (Å²) in [5.74, 6) is -0.0436. The van der Waals surface area contributed by atoms with Crippen LogP contribution in [0.1, 0.15) is 55.4 Å². The van der Waals surface area contributed by atoms with Gasteiger partial charge in [0.1, 0.15) is 5.78 Å². The van der Waals surface area contributed by atoms with Gasteiger partial charge in [0.15, 0.2) is 5.79 Å². The summed E-state index contributed by atoms with van der Waals surface area (Å²) >= 11 is 0. The fraction of sp³-hybridized carbons (Fsp3) is 0.650. The zero-order chi connectivity index (χ0) is 16.8. The molecule has 0 aromatic heterocycles. The smallest absolute Gasteiger partial charge is 0.163 e. The van der Waals surface area contributed by atoms with Gasteiger partial charge in [0.2, 0.25) is 0 Å². The lowest BCUT2D eigenvalue weighted by Gasteiger charge is -2.28. The summed E-state index contributed by atoms with van der Waals surface area (Å²) < 4.78 is 11.9. The number of carbonyl (C=O) groups is 1. The Bertz CT molecular complexity index is 594. The van der Waals surface area contributed by atoms with Gasteiger partial charge in [0.05, 0.1) is 12.2 Å². The van der Waals surface area contributed by atoms with E-state index in [2.05, 4.69) is 32.9 Å². The maximum Gasteiger partial charge on any atom is 0.163 e. The van der Waals surface area contributed by atoms with Crippen LogP contribution in [0.2, 0.25) is 0 Å². The molecule has 0 spiro atoms. The lowest BCUT2D eigenvalue weighted by atomic mass is 9.80. The van der Waals surface area contributed by atoms with E-state index in [1.165, 1.54) is 22.3 Å². The van der Waals surface area contributed by atoms with Crippen molar-refractivity contribution in [1.82, 2.24) is 0 Å². The van der Waals surface area contributed by atoms with Crippen LogP contribution in [0.3, 0.4) is 0 Å². The Labute approximate surface area is 139 Å². The minimum atomic E-state index is -0.503. The molecule has 0 bridgehead atoms. The van der Waals surface area contributed by atoms with Gasteiger partial charge in [-0.05, 0) is 70.6 Å². The van der Waals surface area contributed by atoms with Crippen LogP contribution in [0.15, 0.2) is 12.1 Å². The van der Waals surface area contributed by atoms with Crippen molar-refractivity contribution < 1.29 is 14.3 Å². The standard InChI is InChI=1S/C20H28O3/c1-12-8-13(2)16(14(3)9-12)11-17(21)15-6-7-18-19(10-15)23-20(4,5)22-18/h8-9,15,18-19H,6-7,10-11H2,1-5H3. The molecule has 0 N–H and O–H groups in total. The molecule has 3 unspecified atom stereocenters. The molecular formula is C20H28O3. The molecule has 3 rings (SSSR count). The third kappa shape index (κ3) is 3.51. The Morgan fingerprint density at radius 3 is 2.35 bits per heavy atom. The van der Waals surface area contributed by atoms with Crippen LogP contribution in [0.25, 0.3) is 0 Å². The largest absolute Gasteiger partial charge is 0.345 e. The van der Waals surface area contributed by atoms with Gasteiger partial charge in [0.25, 0.3) is 0 Å². The number of hydrogen-bond acceptors (Lipinski definition) is 3. The number of ketones is 1. The molecule has 0 amide bonds. The van der Waals surface area contributed by atoms with Crippen LogP contribution >= 0.6 is 0 Å². The Hall–Kier alpha value is -1.19. The first-order chi connectivity index (χ1) is 10.7. The molecule has 0 radical (unpaired) electrons. The van der Waals surface area contributed by atoms with E-state index >= 15 is 0 Å². The normalized spacial score (nSPS) is 29.3. The van der Waals surface area contributed by atoms with E-state index in [1.54, 1.807) is 0 Å². The average Bonchev–Trinajstić information content (AvgIpc) is 2.75. The SMILES string of the molecule is Cc1cc(C)c(CC(=O)C2CCC3OC(C)(C)OC3C2)c(C)c1. The topological polar surface area (TPSA) is 35.5 Å². The van der Waals surface area contributed by atoms with Crippen LogP contribution in [-0.4, -0.2) is 23.8 Å². The first-order valence-electron chi connectivity index (χ1n) is 8.70. The Balaban J connectivity index is 1.68. The monoisotopic (exact) mass is 316 g/mol. The zero-order valence-electron chi connectivity index (χ0n) is 14.9. The summed E-state index contributed by atoms with van der Waals surface area (Å²) in [4.78, 5) is 12.8. The Kier molecular flexibility index (Phi) is 4.37. The van der Waals surface area contributed by atoms with Crippen molar-refractivity contribution in [3.63, 3.8) is 0 Å². The van der Waals surface area contributed by atoms with Gasteiger partial charge in [-0.15, -0.1) is 0 Å². The van der Waals surface area contributed by atoms with E-state index < -0.39 is 5.79 Å². The third-order valence-electron chi connectivity index (χ3n) is 5.25. The van der Waals surface area contributed by atoms with E-state index in [4.69, 9.17) is 9.47 Å². The molecule has 1 saturated carbocycles. The Morgan fingerprint density at radius 1 is 1.09 bits per heavy atom. The summed E-state index contributed by atoms with van der Waals surface area (Å²) in [7, 11) is 0. The van der Waals surface area contributed by atoms with Gasteiger partial charge < -0.3 is 9.47 Å². The molecule has 2 fully saturated rings. The van der Waals surface area contributed by atoms with Gasteiger partial charge >= 0.3 is 0 Å². The summed E-state index contributed by atoms with van der Waals surface area (Å²) in [6.07, 6.45) is 3.44. The molecule has 23 heavy (non-hydrogen) atoms. The molecule has 3 heteroatoms. The highest BCUT2D eigenvalue weighted by Gasteiger charge is 2.45. The van der Waals surface area contributed by atoms with E-state index in [-0.39, 0.29) is 18.1 Å². The van der Waals surface area contributed by atoms with Crippen molar-refractivity contribution in [3.8, 4) is 0 Å². The van der Waals surface area contributed by atoms with E-state index in [9.17, 15) is 4.79 Å². The molecule has 1 aromatic rings. The zero-order valence-corrected chi connectivity index (χ0v) is 14.9. The molecular weight excluding hydrogens is 288 g/mol. The van der Waals surface area contributed by atoms with E-state index in [0.717, 1.165) is 19.3 Å². The predicted molar refractivity (Wildman–Crippen MR) is 90.5 cm³/mol. The van der Waals surface area contributed by atoms with Crippen molar-refractivity contribution in [1.29, 1.82) is 0 Å². The highest BCUT2D eigenvalue weighted by Crippen LogP contribution is 2.39. The number of ether oxygens (including phenoxy) is 2. The maximum absolute atomic E-state index is 12.8. The third-order valence-corrected chi connectivity index (χ3v) is 5.25. The first-order valence-corrected chi connectivity index (χ1v) is 8.70.